The van der Waals surface area contributed by atoms with Crippen LogP contribution in [0.4, 0.5) is 0 Å². The average molecular weight is 268 g/mol. The summed E-state index contributed by atoms with van der Waals surface area (Å²) < 4.78 is 0. The Morgan fingerprint density at radius 2 is 1.58 bits per heavy atom. The second-order valence-corrected chi connectivity index (χ2v) is 4.79. The van der Waals surface area contributed by atoms with Gasteiger partial charge < -0.3 is 10.2 Å². The average Bonchev–Trinajstić information content (AvgIpc) is 2.27. The molecule has 0 amide bonds. The lowest BCUT2D eigenvalue weighted by Gasteiger charge is -2.08. The summed E-state index contributed by atoms with van der Waals surface area (Å²) in [6, 6.07) is 0. The van der Waals surface area contributed by atoms with Crippen molar-refractivity contribution in [2.24, 2.45) is 0 Å². The van der Waals surface area contributed by atoms with Crippen LogP contribution in [0, 0.1) is 0 Å². The molecule has 0 aliphatic heterocycles. The Morgan fingerprint density at radius 3 is 2.05 bits per heavy atom. The van der Waals surface area contributed by atoms with Crippen molar-refractivity contribution in [3.8, 4) is 0 Å². The number of aliphatic carboxylic acids is 2. The number of allylic oxidation sites excluding steroid dienone is 1. The Bertz CT molecular complexity index is 378. The lowest BCUT2D eigenvalue weighted by Crippen LogP contribution is -2.06. The Kier molecular flexibility index (Phi) is 8.58. The normalized spacial score (nSPS) is 13.1. The van der Waals surface area contributed by atoms with E-state index in [2.05, 4.69) is 6.92 Å². The van der Waals surface area contributed by atoms with Crippen molar-refractivity contribution in [3.63, 3.8) is 0 Å². The van der Waals surface area contributed by atoms with Crippen molar-refractivity contribution < 1.29 is 19.8 Å². The maximum Gasteiger partial charge on any atom is 0.335 e. The van der Waals surface area contributed by atoms with Gasteiger partial charge in [0.1, 0.15) is 0 Å². The summed E-state index contributed by atoms with van der Waals surface area (Å²) in [6.45, 7) is 5.44. The molecule has 0 radical (unpaired) electrons. The molecule has 4 nitrogen and oxygen atoms in total. The first kappa shape index (κ1) is 17.4. The molecule has 0 fully saturated rings. The first-order valence-electron chi connectivity index (χ1n) is 6.74. The van der Waals surface area contributed by atoms with Gasteiger partial charge in [-0.15, -0.1) is 0 Å². The molecule has 0 saturated heterocycles. The van der Waals surface area contributed by atoms with Gasteiger partial charge in [-0.2, -0.15) is 0 Å². The molecule has 0 saturated carbocycles. The van der Waals surface area contributed by atoms with Crippen LogP contribution in [0.5, 0.6) is 0 Å². The van der Waals surface area contributed by atoms with E-state index >= 15 is 0 Å². The minimum Gasteiger partial charge on any atom is -0.478 e. The predicted molar refractivity (Wildman–Crippen MR) is 75.1 cm³/mol. The van der Waals surface area contributed by atoms with Crippen LogP contribution in [0.2, 0.25) is 0 Å². The summed E-state index contributed by atoms with van der Waals surface area (Å²) in [5.41, 5.74) is 1.18. The van der Waals surface area contributed by atoms with E-state index in [0.29, 0.717) is 12.0 Å². The van der Waals surface area contributed by atoms with Gasteiger partial charge in [0.05, 0.1) is 5.57 Å². The van der Waals surface area contributed by atoms with Gasteiger partial charge in [0.25, 0.3) is 0 Å². The number of hydrogen-bond acceptors (Lipinski definition) is 2. The van der Waals surface area contributed by atoms with E-state index in [0.717, 1.165) is 30.9 Å². The van der Waals surface area contributed by atoms with Crippen molar-refractivity contribution in [1.82, 2.24) is 0 Å². The molecule has 0 aromatic rings. The molecule has 19 heavy (non-hydrogen) atoms. The summed E-state index contributed by atoms with van der Waals surface area (Å²) in [6.07, 6.45) is 7.22. The Hall–Kier alpha value is -1.58. The number of rotatable bonds is 9. The van der Waals surface area contributed by atoms with Gasteiger partial charge in [-0.3, -0.25) is 0 Å². The quantitative estimate of drug-likeness (QED) is 0.379. The molecule has 0 aliphatic rings. The zero-order valence-electron chi connectivity index (χ0n) is 12.0. The minimum absolute atomic E-state index is 0.137. The Balaban J connectivity index is 4.70. The summed E-state index contributed by atoms with van der Waals surface area (Å²) in [7, 11) is 0. The number of carbonyl (C=O) groups is 2. The number of hydrogen-bond donors (Lipinski definition) is 2. The third-order valence-electron chi connectivity index (χ3n) is 3.03. The molecular formula is C15H24O4. The van der Waals surface area contributed by atoms with E-state index in [1.807, 2.05) is 0 Å². The molecule has 0 aromatic carbocycles. The van der Waals surface area contributed by atoms with Gasteiger partial charge in [0.15, 0.2) is 0 Å². The first-order chi connectivity index (χ1) is 8.90. The van der Waals surface area contributed by atoms with E-state index in [9.17, 15) is 14.7 Å². The van der Waals surface area contributed by atoms with Crippen LogP contribution in [0.25, 0.3) is 0 Å². The molecule has 0 aliphatic carbocycles. The standard InChI is InChI=1S/C15H24O4/c1-4-5-6-7-8-9-11(2)14(15(18)19)12(3)10-13(16)17/h10H,4-9H2,1-3H3,(H,16,17)(H,18,19)/b12-10-,14-11+. The topological polar surface area (TPSA) is 74.6 Å². The third-order valence-corrected chi connectivity index (χ3v) is 3.03. The van der Waals surface area contributed by atoms with Crippen LogP contribution in [-0.4, -0.2) is 22.2 Å². The fourth-order valence-corrected chi connectivity index (χ4v) is 2.06. The molecule has 0 bridgehead atoms. The number of unbranched alkanes of at least 4 members (excludes halogenated alkanes) is 4. The number of carboxylic acids is 2. The van der Waals surface area contributed by atoms with Crippen LogP contribution in [-0.2, 0) is 9.59 Å². The van der Waals surface area contributed by atoms with Crippen LogP contribution in [0.15, 0.2) is 22.8 Å². The largest absolute Gasteiger partial charge is 0.478 e. The van der Waals surface area contributed by atoms with E-state index in [-0.39, 0.29) is 5.57 Å². The summed E-state index contributed by atoms with van der Waals surface area (Å²) in [5, 5.41) is 17.9. The zero-order valence-corrected chi connectivity index (χ0v) is 12.0. The van der Waals surface area contributed by atoms with E-state index in [1.54, 1.807) is 6.92 Å². The smallest absolute Gasteiger partial charge is 0.335 e. The van der Waals surface area contributed by atoms with Gasteiger partial charge in [0.2, 0.25) is 0 Å². The molecule has 0 rings (SSSR count). The highest BCUT2D eigenvalue weighted by molar-refractivity contribution is 5.95. The fraction of sp³-hybridized carbons (Fsp3) is 0.600. The zero-order chi connectivity index (χ0) is 14.8. The molecular weight excluding hydrogens is 244 g/mol. The highest BCUT2D eigenvalue weighted by Gasteiger charge is 2.14. The summed E-state index contributed by atoms with van der Waals surface area (Å²) >= 11 is 0. The van der Waals surface area contributed by atoms with Gasteiger partial charge in [-0.1, -0.05) is 38.2 Å². The van der Waals surface area contributed by atoms with Crippen LogP contribution in [0.1, 0.15) is 59.3 Å². The van der Waals surface area contributed by atoms with Gasteiger partial charge >= 0.3 is 11.9 Å². The predicted octanol–water partition coefficient (Wildman–Crippen LogP) is 3.78. The molecule has 0 unspecified atom stereocenters. The highest BCUT2D eigenvalue weighted by Crippen LogP contribution is 2.20. The van der Waals surface area contributed by atoms with Gasteiger partial charge in [0, 0.05) is 6.08 Å². The molecule has 0 aromatic heterocycles. The second-order valence-electron chi connectivity index (χ2n) is 4.79. The second kappa shape index (κ2) is 9.36. The Morgan fingerprint density at radius 1 is 1.00 bits per heavy atom. The van der Waals surface area contributed by atoms with Crippen molar-refractivity contribution in [1.29, 1.82) is 0 Å². The number of carboxylic acid groups (broad SMARTS) is 2. The van der Waals surface area contributed by atoms with E-state index in [4.69, 9.17) is 5.11 Å². The molecule has 0 atom stereocenters. The molecule has 0 spiro atoms. The monoisotopic (exact) mass is 268 g/mol. The van der Waals surface area contributed by atoms with Crippen LogP contribution < -0.4 is 0 Å². The lowest BCUT2D eigenvalue weighted by molar-refractivity contribution is -0.132. The molecule has 4 heteroatoms. The SMILES string of the molecule is CCCCCCC/C(C)=C(C(=O)O)\C(C)=C/C(=O)O. The van der Waals surface area contributed by atoms with Crippen LogP contribution >= 0.6 is 0 Å². The first-order valence-corrected chi connectivity index (χ1v) is 6.74. The lowest BCUT2D eigenvalue weighted by atomic mass is 9.97. The van der Waals surface area contributed by atoms with Gasteiger partial charge in [-0.05, 0) is 32.3 Å². The maximum absolute atomic E-state index is 11.2. The van der Waals surface area contributed by atoms with Crippen LogP contribution in [0.3, 0.4) is 0 Å². The summed E-state index contributed by atoms with van der Waals surface area (Å²) in [5.74, 6) is -2.17. The van der Waals surface area contributed by atoms with Crippen molar-refractivity contribution in [3.05, 3.63) is 22.8 Å². The molecule has 0 heterocycles. The van der Waals surface area contributed by atoms with E-state index in [1.165, 1.54) is 19.8 Å². The minimum atomic E-state index is -1.12. The third kappa shape index (κ3) is 7.44. The molecule has 108 valence electrons. The van der Waals surface area contributed by atoms with Crippen molar-refractivity contribution >= 4 is 11.9 Å². The fourth-order valence-electron chi connectivity index (χ4n) is 2.06. The van der Waals surface area contributed by atoms with Crippen molar-refractivity contribution in [2.75, 3.05) is 0 Å². The van der Waals surface area contributed by atoms with Gasteiger partial charge in [-0.25, -0.2) is 9.59 Å². The van der Waals surface area contributed by atoms with E-state index < -0.39 is 11.9 Å². The molecule has 2 N–H and O–H groups in total. The van der Waals surface area contributed by atoms with Crippen molar-refractivity contribution in [2.45, 2.75) is 59.3 Å². The Labute approximate surface area is 114 Å². The summed E-state index contributed by atoms with van der Waals surface area (Å²) in [4.78, 5) is 21.8. The maximum atomic E-state index is 11.2. The highest BCUT2D eigenvalue weighted by atomic mass is 16.4.